The zero-order valence-corrected chi connectivity index (χ0v) is 9.64. The minimum atomic E-state index is -1.45. The maximum atomic E-state index is 11.0. The van der Waals surface area contributed by atoms with E-state index in [9.17, 15) is 9.59 Å². The summed E-state index contributed by atoms with van der Waals surface area (Å²) in [4.78, 5) is 21.9. The molecule has 0 spiro atoms. The summed E-state index contributed by atoms with van der Waals surface area (Å²) in [5.41, 5.74) is 7.21. The van der Waals surface area contributed by atoms with Crippen LogP contribution in [0, 0.1) is 0 Å². The maximum absolute atomic E-state index is 11.0. The average Bonchev–Trinajstić information content (AvgIpc) is 2.15. The van der Waals surface area contributed by atoms with Crippen LogP contribution in [0.2, 0.25) is 0 Å². The Morgan fingerprint density at radius 2 is 2.00 bits per heavy atom. The number of nitrogens with one attached hydrogen (secondary N) is 1. The highest BCUT2D eigenvalue weighted by Gasteiger charge is 2.26. The van der Waals surface area contributed by atoms with Crippen molar-refractivity contribution in [2.75, 3.05) is 0 Å². The van der Waals surface area contributed by atoms with Gasteiger partial charge in [-0.3, -0.25) is 15.3 Å². The molecular weight excluding hydrogens is 222 g/mol. The number of hydrogen-bond acceptors (Lipinski definition) is 3. The Bertz CT molecular complexity index is 414. The van der Waals surface area contributed by atoms with E-state index in [0.717, 1.165) is 0 Å². The topological polar surface area (TPSA) is 87.4 Å². The molecular formula is C12H14NO4. The molecule has 2 N–H and O–H groups in total. The third-order valence-corrected chi connectivity index (χ3v) is 2.07. The highest BCUT2D eigenvalue weighted by Crippen LogP contribution is 2.22. The van der Waals surface area contributed by atoms with Gasteiger partial charge in [0.1, 0.15) is 5.75 Å². The van der Waals surface area contributed by atoms with Crippen LogP contribution < -0.4 is 10.5 Å². The summed E-state index contributed by atoms with van der Waals surface area (Å²) in [6, 6.07) is 6.26. The van der Waals surface area contributed by atoms with E-state index in [4.69, 9.17) is 15.6 Å². The Kier molecular flexibility index (Phi) is 4.09. The van der Waals surface area contributed by atoms with E-state index < -0.39 is 17.8 Å². The number of carboxylic acid groups (broad SMARTS) is 1. The zero-order valence-electron chi connectivity index (χ0n) is 9.64. The van der Waals surface area contributed by atoms with Gasteiger partial charge in [-0.1, -0.05) is 12.1 Å². The normalized spacial score (nSPS) is 12.2. The second-order valence-electron chi connectivity index (χ2n) is 3.87. The minimum Gasteiger partial charge on any atom is -0.491 e. The smallest absolute Gasteiger partial charge is 0.320 e. The van der Waals surface area contributed by atoms with E-state index in [1.54, 1.807) is 12.1 Å². The van der Waals surface area contributed by atoms with Gasteiger partial charge in [0.2, 0.25) is 0 Å². The van der Waals surface area contributed by atoms with Gasteiger partial charge in [0.15, 0.2) is 5.92 Å². The molecule has 1 unspecified atom stereocenters. The average molecular weight is 236 g/mol. The SMILES string of the molecule is CC(C)Oc1cccc(C(C([NH])=O)C(=O)O)c1. The van der Waals surface area contributed by atoms with E-state index in [-0.39, 0.29) is 11.7 Å². The van der Waals surface area contributed by atoms with Crippen molar-refractivity contribution in [2.45, 2.75) is 25.9 Å². The lowest BCUT2D eigenvalue weighted by molar-refractivity contribution is -0.142. The molecule has 1 aromatic carbocycles. The third kappa shape index (κ3) is 3.48. The fraction of sp³-hybridized carbons (Fsp3) is 0.333. The first kappa shape index (κ1) is 13.0. The molecule has 0 bridgehead atoms. The molecule has 0 aromatic heterocycles. The molecule has 0 heterocycles. The number of hydrogen-bond donors (Lipinski definition) is 1. The highest BCUT2D eigenvalue weighted by atomic mass is 16.5. The lowest BCUT2D eigenvalue weighted by Crippen LogP contribution is -2.22. The predicted octanol–water partition coefficient (Wildman–Crippen LogP) is 1.45. The van der Waals surface area contributed by atoms with Crippen molar-refractivity contribution in [2.24, 2.45) is 0 Å². The van der Waals surface area contributed by atoms with Crippen LogP contribution in [0.1, 0.15) is 25.3 Å². The van der Waals surface area contributed by atoms with Gasteiger partial charge < -0.3 is 9.84 Å². The fourth-order valence-corrected chi connectivity index (χ4v) is 1.45. The summed E-state index contributed by atoms with van der Waals surface area (Å²) in [6.45, 7) is 3.69. The third-order valence-electron chi connectivity index (χ3n) is 2.07. The molecule has 1 atom stereocenters. The fourth-order valence-electron chi connectivity index (χ4n) is 1.45. The summed E-state index contributed by atoms with van der Waals surface area (Å²) < 4.78 is 5.40. The zero-order chi connectivity index (χ0) is 13.0. The van der Waals surface area contributed by atoms with Gasteiger partial charge in [0, 0.05) is 0 Å². The second-order valence-corrected chi connectivity index (χ2v) is 3.87. The summed E-state index contributed by atoms with van der Waals surface area (Å²) in [6.07, 6.45) is -0.0415. The number of aliphatic carboxylic acids is 1. The van der Waals surface area contributed by atoms with Crippen LogP contribution in [-0.2, 0) is 9.59 Å². The standard InChI is InChI=1S/C12H14NO4/c1-7(2)17-9-5-3-4-8(6-9)10(11(13)14)12(15)16/h3-7,10,13H,1-2H3,(H,15,16). The molecule has 0 saturated heterocycles. The van der Waals surface area contributed by atoms with Crippen LogP contribution >= 0.6 is 0 Å². The lowest BCUT2D eigenvalue weighted by atomic mass is 9.98. The van der Waals surface area contributed by atoms with Crippen LogP contribution in [0.3, 0.4) is 0 Å². The van der Waals surface area contributed by atoms with Crippen molar-refractivity contribution < 1.29 is 19.4 Å². The van der Waals surface area contributed by atoms with Gasteiger partial charge >= 0.3 is 5.97 Å². The number of benzene rings is 1. The molecule has 1 radical (unpaired) electrons. The molecule has 0 aliphatic carbocycles. The Labute approximate surface area is 99.2 Å². The van der Waals surface area contributed by atoms with Crippen molar-refractivity contribution in [3.8, 4) is 5.75 Å². The van der Waals surface area contributed by atoms with Crippen LogP contribution in [0.25, 0.3) is 0 Å². The summed E-state index contributed by atoms with van der Waals surface area (Å²) in [5.74, 6) is -3.43. The Hall–Kier alpha value is -2.04. The largest absolute Gasteiger partial charge is 0.491 e. The molecule has 1 amide bonds. The van der Waals surface area contributed by atoms with Gasteiger partial charge in [0.05, 0.1) is 6.10 Å². The summed E-state index contributed by atoms with van der Waals surface area (Å²) in [7, 11) is 0. The summed E-state index contributed by atoms with van der Waals surface area (Å²) >= 11 is 0. The minimum absolute atomic E-state index is 0.0415. The summed E-state index contributed by atoms with van der Waals surface area (Å²) in [5, 5.41) is 8.89. The predicted molar refractivity (Wildman–Crippen MR) is 60.7 cm³/mol. The van der Waals surface area contributed by atoms with Gasteiger partial charge in [-0.05, 0) is 31.5 Å². The number of carbonyl (C=O) groups excluding carboxylic acids is 1. The van der Waals surface area contributed by atoms with Gasteiger partial charge in [-0.15, -0.1) is 0 Å². The molecule has 0 aliphatic rings. The maximum Gasteiger partial charge on any atom is 0.320 e. The van der Waals surface area contributed by atoms with E-state index in [0.29, 0.717) is 5.75 Å². The van der Waals surface area contributed by atoms with Crippen LogP contribution in [0.15, 0.2) is 24.3 Å². The molecule has 91 valence electrons. The second kappa shape index (κ2) is 5.34. The molecule has 0 aliphatic heterocycles. The lowest BCUT2D eigenvalue weighted by Gasteiger charge is -2.13. The Morgan fingerprint density at radius 1 is 1.35 bits per heavy atom. The molecule has 1 rings (SSSR count). The molecule has 5 nitrogen and oxygen atoms in total. The molecule has 0 fully saturated rings. The Balaban J connectivity index is 3.04. The van der Waals surface area contributed by atoms with Crippen molar-refractivity contribution >= 4 is 11.9 Å². The molecule has 17 heavy (non-hydrogen) atoms. The van der Waals surface area contributed by atoms with Crippen LogP contribution in [0.5, 0.6) is 5.75 Å². The number of carbonyl (C=O) groups is 2. The van der Waals surface area contributed by atoms with Crippen molar-refractivity contribution in [1.29, 1.82) is 0 Å². The van der Waals surface area contributed by atoms with E-state index >= 15 is 0 Å². The number of rotatable bonds is 5. The van der Waals surface area contributed by atoms with E-state index in [1.807, 2.05) is 13.8 Å². The van der Waals surface area contributed by atoms with Crippen molar-refractivity contribution in [1.82, 2.24) is 5.73 Å². The number of carboxylic acids is 1. The van der Waals surface area contributed by atoms with Crippen molar-refractivity contribution in [3.05, 3.63) is 29.8 Å². The highest BCUT2D eigenvalue weighted by molar-refractivity contribution is 6.01. The van der Waals surface area contributed by atoms with Crippen LogP contribution in [-0.4, -0.2) is 23.1 Å². The number of amides is 1. The molecule has 1 aromatic rings. The first-order valence-corrected chi connectivity index (χ1v) is 5.16. The van der Waals surface area contributed by atoms with Gasteiger partial charge in [0.25, 0.3) is 5.91 Å². The molecule has 0 saturated carbocycles. The quantitative estimate of drug-likeness (QED) is 0.784. The first-order chi connectivity index (χ1) is 7.91. The Morgan fingerprint density at radius 3 is 2.47 bits per heavy atom. The van der Waals surface area contributed by atoms with E-state index in [1.165, 1.54) is 12.1 Å². The monoisotopic (exact) mass is 236 g/mol. The number of ether oxygens (including phenoxy) is 1. The van der Waals surface area contributed by atoms with Crippen molar-refractivity contribution in [3.63, 3.8) is 0 Å². The first-order valence-electron chi connectivity index (χ1n) is 5.16. The van der Waals surface area contributed by atoms with E-state index in [2.05, 4.69) is 0 Å². The molecule has 5 heteroatoms. The van der Waals surface area contributed by atoms with Crippen LogP contribution in [0.4, 0.5) is 0 Å². The van der Waals surface area contributed by atoms with Gasteiger partial charge in [-0.2, -0.15) is 0 Å². The van der Waals surface area contributed by atoms with Gasteiger partial charge in [-0.25, -0.2) is 0 Å².